The highest BCUT2D eigenvalue weighted by Gasteiger charge is 2.40. The molecule has 0 radical (unpaired) electrons. The van der Waals surface area contributed by atoms with E-state index in [0.717, 1.165) is 43.4 Å². The lowest BCUT2D eigenvalue weighted by Crippen LogP contribution is -2.49. The van der Waals surface area contributed by atoms with E-state index in [9.17, 15) is 13.9 Å². The maximum absolute atomic E-state index is 14.0. The monoisotopic (exact) mass is 523 g/mol. The van der Waals surface area contributed by atoms with Gasteiger partial charge in [0.25, 0.3) is 5.91 Å². The number of ether oxygens (including phenoxy) is 1. The number of aliphatic imine (C=N–C) groups is 1. The predicted octanol–water partition coefficient (Wildman–Crippen LogP) is 5.19. The summed E-state index contributed by atoms with van der Waals surface area (Å²) in [7, 11) is -1.94. The molecule has 1 aliphatic carbocycles. The molecule has 3 heterocycles. The van der Waals surface area contributed by atoms with Gasteiger partial charge in [0.2, 0.25) is 5.88 Å². The summed E-state index contributed by atoms with van der Waals surface area (Å²) in [4.78, 5) is 25.4. The van der Waals surface area contributed by atoms with Crippen molar-refractivity contribution in [2.45, 2.75) is 62.4 Å². The number of amides is 1. The first-order chi connectivity index (χ1) is 17.8. The fraction of sp³-hybridized carbons (Fsp3) is 0.370. The van der Waals surface area contributed by atoms with Crippen molar-refractivity contribution >= 4 is 33.8 Å². The van der Waals surface area contributed by atoms with E-state index in [4.69, 9.17) is 10.5 Å². The zero-order valence-corrected chi connectivity index (χ0v) is 21.9. The predicted molar refractivity (Wildman–Crippen MR) is 146 cm³/mol. The molecule has 0 spiro atoms. The van der Waals surface area contributed by atoms with Crippen molar-refractivity contribution in [3.8, 4) is 5.88 Å². The summed E-state index contributed by atoms with van der Waals surface area (Å²) >= 11 is 0. The molecule has 5 N–H and O–H groups in total. The molecule has 0 saturated heterocycles. The summed E-state index contributed by atoms with van der Waals surface area (Å²) in [5.41, 5.74) is 9.25. The minimum atomic E-state index is -3.40. The lowest BCUT2D eigenvalue weighted by molar-refractivity contribution is -0.129. The minimum Gasteiger partial charge on any atom is -0.479 e. The molecule has 1 fully saturated rings. The van der Waals surface area contributed by atoms with Gasteiger partial charge in [-0.25, -0.2) is 9.98 Å². The van der Waals surface area contributed by atoms with E-state index in [0.29, 0.717) is 28.3 Å². The molecule has 2 aromatic rings. The van der Waals surface area contributed by atoms with E-state index in [1.807, 2.05) is 17.9 Å². The number of nitrogens with zero attached hydrogens (tertiary/aromatic N) is 3. The number of carbonyl (C=O) groups is 1. The van der Waals surface area contributed by atoms with Gasteiger partial charge in [0.1, 0.15) is 5.69 Å². The van der Waals surface area contributed by atoms with Crippen LogP contribution < -0.4 is 15.2 Å². The molecule has 1 saturated carbocycles. The lowest BCUT2D eigenvalue weighted by Gasteiger charge is -2.41. The number of allylic oxidation sites excluding steroid dienone is 1. The van der Waals surface area contributed by atoms with Crippen LogP contribution in [0.2, 0.25) is 0 Å². The highest BCUT2D eigenvalue weighted by atomic mass is 32.3. The van der Waals surface area contributed by atoms with Gasteiger partial charge in [0.05, 0.1) is 23.9 Å². The average Bonchev–Trinajstić information content (AvgIpc) is 3.37. The number of amidine groups is 1. The van der Waals surface area contributed by atoms with E-state index >= 15 is 0 Å². The van der Waals surface area contributed by atoms with Crippen LogP contribution in [-0.2, 0) is 4.79 Å². The molecular weight excluding hydrogens is 490 g/mol. The normalized spacial score (nSPS) is 21.2. The summed E-state index contributed by atoms with van der Waals surface area (Å²) in [5, 5.41) is 0. The summed E-state index contributed by atoms with van der Waals surface area (Å²) in [6.07, 6.45) is 9.02. The van der Waals surface area contributed by atoms with Gasteiger partial charge in [-0.1, -0.05) is 41.8 Å². The first kappa shape index (κ1) is 25.3. The number of nitrogens with one attached hydrogen (secondary N) is 1. The quantitative estimate of drug-likeness (QED) is 0.409. The molecule has 1 aromatic heterocycles. The lowest BCUT2D eigenvalue weighted by atomic mass is 9.88. The van der Waals surface area contributed by atoms with E-state index in [1.165, 1.54) is 7.11 Å². The Labute approximate surface area is 218 Å². The second-order valence-corrected chi connectivity index (χ2v) is 11.4. The smallest absolute Gasteiger partial charge is 0.255 e. The number of nitrogens with two attached hydrogens (primary N) is 1. The SMILES string of the molecule is COc1ncc(C2=CC3=C(C)N=C(N)CCC3N(C3CCCC3)C2=O)cc1NS(O)(O)c1ccccc1. The molecule has 2 aliphatic heterocycles. The molecule has 1 atom stereocenters. The molecule has 9 nitrogen and oxygen atoms in total. The van der Waals surface area contributed by atoms with Crippen molar-refractivity contribution in [1.29, 1.82) is 0 Å². The summed E-state index contributed by atoms with van der Waals surface area (Å²) in [5.74, 6) is 0.717. The Kier molecular flexibility index (Phi) is 6.98. The van der Waals surface area contributed by atoms with Crippen molar-refractivity contribution in [3.05, 3.63) is 65.5 Å². The van der Waals surface area contributed by atoms with Crippen LogP contribution in [0.5, 0.6) is 5.88 Å². The van der Waals surface area contributed by atoms with E-state index in [2.05, 4.69) is 14.7 Å². The number of hydrogen-bond acceptors (Lipinski definition) is 8. The van der Waals surface area contributed by atoms with Crippen LogP contribution in [0.15, 0.2) is 69.8 Å². The summed E-state index contributed by atoms with van der Waals surface area (Å²) in [6.45, 7) is 1.94. The zero-order chi connectivity index (χ0) is 26.2. The standard InChI is InChI=1S/C27H33N5O4S/c1-17-21-15-22(27(33)32(19-8-6-7-9-19)24(21)12-13-25(28)30-17)18-14-23(26(36-2)29-16-18)31-37(34,35)20-10-4-3-5-11-20/h3-5,10-11,14-16,19,24,31,34-35H,6-9,12-13H2,1-2H3,(H2,28,30). The molecule has 10 heteroatoms. The molecule has 1 aromatic carbocycles. The van der Waals surface area contributed by atoms with Crippen molar-refractivity contribution in [2.75, 3.05) is 11.8 Å². The van der Waals surface area contributed by atoms with Crippen molar-refractivity contribution < 1.29 is 18.6 Å². The zero-order valence-electron chi connectivity index (χ0n) is 21.1. The number of benzene rings is 1. The Morgan fingerprint density at radius 1 is 1.16 bits per heavy atom. The number of carbonyl (C=O) groups excluding carboxylic acids is 1. The van der Waals surface area contributed by atoms with Gasteiger partial charge in [-0.05, 0) is 56.0 Å². The van der Waals surface area contributed by atoms with Gasteiger partial charge in [0.15, 0.2) is 0 Å². The third-order valence-electron chi connectivity index (χ3n) is 7.26. The second-order valence-electron chi connectivity index (χ2n) is 9.65. The first-order valence-electron chi connectivity index (χ1n) is 12.5. The van der Waals surface area contributed by atoms with Crippen molar-refractivity contribution in [2.24, 2.45) is 10.7 Å². The molecule has 1 amide bonds. The maximum Gasteiger partial charge on any atom is 0.255 e. The molecule has 196 valence electrons. The molecule has 0 bridgehead atoms. The van der Waals surface area contributed by atoms with Gasteiger partial charge in [0, 0.05) is 35.5 Å². The summed E-state index contributed by atoms with van der Waals surface area (Å²) in [6, 6.07) is 10.3. The van der Waals surface area contributed by atoms with Crippen molar-refractivity contribution in [3.63, 3.8) is 0 Å². The van der Waals surface area contributed by atoms with Gasteiger partial charge in [-0.3, -0.25) is 18.6 Å². The van der Waals surface area contributed by atoms with Crippen LogP contribution in [-0.4, -0.2) is 49.9 Å². The third-order valence-corrected chi connectivity index (χ3v) is 8.69. The highest BCUT2D eigenvalue weighted by molar-refractivity contribution is 8.25. The van der Waals surface area contributed by atoms with Crippen LogP contribution in [0.4, 0.5) is 5.69 Å². The molecule has 1 unspecified atom stereocenters. The molecule has 5 rings (SSSR count). The van der Waals surface area contributed by atoms with Crippen LogP contribution in [0.3, 0.4) is 0 Å². The largest absolute Gasteiger partial charge is 0.479 e. The maximum atomic E-state index is 14.0. The Hall–Kier alpha value is -3.34. The Morgan fingerprint density at radius 3 is 2.59 bits per heavy atom. The van der Waals surface area contributed by atoms with E-state index < -0.39 is 10.8 Å². The number of rotatable bonds is 6. The fourth-order valence-corrected chi connectivity index (χ4v) is 6.58. The minimum absolute atomic E-state index is 0.0542. The molecule has 3 aliphatic rings. The van der Waals surface area contributed by atoms with Crippen LogP contribution in [0, 0.1) is 0 Å². The third kappa shape index (κ3) is 4.96. The number of aromatic nitrogens is 1. The summed E-state index contributed by atoms with van der Waals surface area (Å²) < 4.78 is 29.9. The fourth-order valence-electron chi connectivity index (χ4n) is 5.47. The first-order valence-corrected chi connectivity index (χ1v) is 14.1. The van der Waals surface area contributed by atoms with Gasteiger partial charge >= 0.3 is 0 Å². The topological polar surface area (TPSA) is 133 Å². The van der Waals surface area contributed by atoms with Crippen LogP contribution in [0.1, 0.15) is 51.0 Å². The molecule has 37 heavy (non-hydrogen) atoms. The number of methoxy groups -OCH3 is 1. The number of hydrogen-bond donors (Lipinski definition) is 4. The Bertz CT molecular complexity index is 1280. The number of fused-ring (bicyclic) bond motifs is 1. The van der Waals surface area contributed by atoms with Crippen LogP contribution >= 0.6 is 10.8 Å². The van der Waals surface area contributed by atoms with E-state index in [1.54, 1.807) is 42.6 Å². The second kappa shape index (κ2) is 10.2. The Morgan fingerprint density at radius 2 is 1.89 bits per heavy atom. The van der Waals surface area contributed by atoms with Gasteiger partial charge in [-0.15, -0.1) is 0 Å². The number of anilines is 1. The van der Waals surface area contributed by atoms with Crippen LogP contribution in [0.25, 0.3) is 5.57 Å². The highest BCUT2D eigenvalue weighted by Crippen LogP contribution is 2.49. The number of pyridine rings is 1. The van der Waals surface area contributed by atoms with Gasteiger partial charge in [-0.2, -0.15) is 0 Å². The average molecular weight is 524 g/mol. The van der Waals surface area contributed by atoms with Crippen molar-refractivity contribution in [1.82, 2.24) is 9.88 Å². The van der Waals surface area contributed by atoms with Gasteiger partial charge < -0.3 is 15.4 Å². The Balaban J connectivity index is 1.58. The van der Waals surface area contributed by atoms with E-state index in [-0.39, 0.29) is 29.6 Å². The molecular formula is C27H33N5O4S.